The largest absolute Gasteiger partial charge is 0.493 e. The number of imidazole rings is 1. The third-order valence-corrected chi connectivity index (χ3v) is 5.26. The van der Waals surface area contributed by atoms with Crippen LogP contribution in [0.25, 0.3) is 28.5 Å². The molecular weight excluding hydrogens is 384 g/mol. The summed E-state index contributed by atoms with van der Waals surface area (Å²) < 4.78 is 13.9. The lowest BCUT2D eigenvalue weighted by molar-refractivity contribution is 0.283. The fourth-order valence-corrected chi connectivity index (χ4v) is 3.81. The van der Waals surface area contributed by atoms with Crippen LogP contribution in [0, 0.1) is 6.92 Å². The van der Waals surface area contributed by atoms with E-state index in [9.17, 15) is 0 Å². The Bertz CT molecular complexity index is 1210. The molecule has 0 N–H and O–H groups in total. The topological polar surface area (TPSA) is 36.3 Å². The number of fused-ring (bicyclic) bond motifs is 1. The number of aryl methyl sites for hydroxylation is 2. The molecule has 0 aliphatic rings. The van der Waals surface area contributed by atoms with Crippen molar-refractivity contribution in [1.82, 2.24) is 9.55 Å². The van der Waals surface area contributed by atoms with Crippen molar-refractivity contribution in [2.45, 2.75) is 26.8 Å². The lowest BCUT2D eigenvalue weighted by Crippen LogP contribution is -2.06. The number of rotatable bonds is 8. The van der Waals surface area contributed by atoms with E-state index in [4.69, 9.17) is 14.5 Å². The monoisotopic (exact) mass is 412 g/mol. The van der Waals surface area contributed by atoms with Crippen LogP contribution < -0.4 is 9.47 Å². The SMILES string of the molecule is C/C=C/c1ccc(OCCCn2c(-c3cccc(C)c3)nc3ccccc32)c(OC)c1. The van der Waals surface area contributed by atoms with Gasteiger partial charge in [-0.15, -0.1) is 0 Å². The standard InChI is InChI=1S/C27H28N2O2/c1-4-9-21-14-15-25(26(19-21)30-3)31-17-8-16-29-24-13-6-5-12-23(24)28-27(29)22-11-7-10-20(2)18-22/h4-7,9-15,18-19H,8,16-17H2,1-3H3/b9-4+. The van der Waals surface area contributed by atoms with E-state index in [-0.39, 0.29) is 0 Å². The molecule has 0 radical (unpaired) electrons. The first-order valence-electron chi connectivity index (χ1n) is 10.7. The number of hydrogen-bond donors (Lipinski definition) is 0. The summed E-state index contributed by atoms with van der Waals surface area (Å²) in [5, 5.41) is 0. The van der Waals surface area contributed by atoms with E-state index in [1.807, 2.05) is 43.3 Å². The van der Waals surface area contributed by atoms with E-state index >= 15 is 0 Å². The van der Waals surface area contributed by atoms with Crippen LogP contribution in [-0.2, 0) is 6.54 Å². The van der Waals surface area contributed by atoms with Gasteiger partial charge in [0.15, 0.2) is 11.5 Å². The van der Waals surface area contributed by atoms with Crippen LogP contribution in [0.1, 0.15) is 24.5 Å². The van der Waals surface area contributed by atoms with Gasteiger partial charge in [-0.1, -0.05) is 54.1 Å². The summed E-state index contributed by atoms with van der Waals surface area (Å²) in [4.78, 5) is 4.91. The van der Waals surface area contributed by atoms with Crippen LogP contribution in [0.4, 0.5) is 0 Å². The normalized spacial score (nSPS) is 11.3. The molecule has 31 heavy (non-hydrogen) atoms. The molecule has 3 aromatic carbocycles. The van der Waals surface area contributed by atoms with Crippen molar-refractivity contribution >= 4 is 17.1 Å². The number of nitrogens with zero attached hydrogens (tertiary/aromatic N) is 2. The minimum absolute atomic E-state index is 0.596. The maximum absolute atomic E-state index is 6.05. The second-order valence-electron chi connectivity index (χ2n) is 7.56. The van der Waals surface area contributed by atoms with Crippen LogP contribution >= 0.6 is 0 Å². The van der Waals surface area contributed by atoms with Gasteiger partial charge < -0.3 is 14.0 Å². The highest BCUT2D eigenvalue weighted by Gasteiger charge is 2.13. The molecule has 0 saturated carbocycles. The molecule has 0 aliphatic heterocycles. The Balaban J connectivity index is 1.51. The smallest absolute Gasteiger partial charge is 0.161 e. The van der Waals surface area contributed by atoms with E-state index in [0.717, 1.165) is 52.4 Å². The van der Waals surface area contributed by atoms with Gasteiger partial charge in [-0.05, 0) is 56.2 Å². The molecule has 0 bridgehead atoms. The molecule has 0 aliphatic carbocycles. The highest BCUT2D eigenvalue weighted by molar-refractivity contribution is 5.80. The van der Waals surface area contributed by atoms with Crippen molar-refractivity contribution in [2.75, 3.05) is 13.7 Å². The van der Waals surface area contributed by atoms with Crippen molar-refractivity contribution in [3.05, 3.63) is 83.9 Å². The lowest BCUT2D eigenvalue weighted by atomic mass is 10.1. The van der Waals surface area contributed by atoms with E-state index in [1.165, 1.54) is 5.56 Å². The number of para-hydroxylation sites is 2. The molecule has 0 amide bonds. The Hall–Kier alpha value is -3.53. The molecule has 1 heterocycles. The molecule has 158 valence electrons. The molecule has 4 heteroatoms. The van der Waals surface area contributed by atoms with Gasteiger partial charge in [-0.3, -0.25) is 0 Å². The molecule has 4 rings (SSSR count). The summed E-state index contributed by atoms with van der Waals surface area (Å²) in [7, 11) is 1.67. The predicted molar refractivity (Wildman–Crippen MR) is 128 cm³/mol. The lowest BCUT2D eigenvalue weighted by Gasteiger charge is -2.13. The third kappa shape index (κ3) is 4.64. The van der Waals surface area contributed by atoms with E-state index < -0.39 is 0 Å². The van der Waals surface area contributed by atoms with Crippen molar-refractivity contribution in [2.24, 2.45) is 0 Å². The van der Waals surface area contributed by atoms with Crippen LogP contribution in [0.2, 0.25) is 0 Å². The van der Waals surface area contributed by atoms with E-state index in [0.29, 0.717) is 6.61 Å². The summed E-state index contributed by atoms with van der Waals surface area (Å²) in [6, 6.07) is 22.8. The van der Waals surface area contributed by atoms with Gasteiger partial charge in [-0.2, -0.15) is 0 Å². The first-order valence-corrected chi connectivity index (χ1v) is 10.7. The molecule has 0 atom stereocenters. The summed E-state index contributed by atoms with van der Waals surface area (Å²) in [6.45, 7) is 5.53. The summed E-state index contributed by atoms with van der Waals surface area (Å²) >= 11 is 0. The van der Waals surface area contributed by atoms with Crippen LogP contribution in [-0.4, -0.2) is 23.3 Å². The third-order valence-electron chi connectivity index (χ3n) is 5.26. The predicted octanol–water partition coefficient (Wildman–Crippen LogP) is 6.52. The van der Waals surface area contributed by atoms with Crippen LogP contribution in [0.3, 0.4) is 0 Å². The van der Waals surface area contributed by atoms with Gasteiger partial charge in [0.2, 0.25) is 0 Å². The summed E-state index contributed by atoms with van der Waals surface area (Å²) in [5.41, 5.74) is 5.62. The highest BCUT2D eigenvalue weighted by Crippen LogP contribution is 2.29. The number of allylic oxidation sites excluding steroid dienone is 1. The van der Waals surface area contributed by atoms with Crippen molar-refractivity contribution in [1.29, 1.82) is 0 Å². The zero-order valence-corrected chi connectivity index (χ0v) is 18.3. The average Bonchev–Trinajstić information content (AvgIpc) is 3.16. The molecule has 1 aromatic heterocycles. The molecule has 0 spiro atoms. The molecule has 0 fully saturated rings. The van der Waals surface area contributed by atoms with Gasteiger partial charge in [0.05, 0.1) is 24.8 Å². The number of ether oxygens (including phenoxy) is 2. The second-order valence-corrected chi connectivity index (χ2v) is 7.56. The quantitative estimate of drug-likeness (QED) is 0.309. The van der Waals surface area contributed by atoms with Crippen molar-refractivity contribution in [3.8, 4) is 22.9 Å². The molecule has 0 saturated heterocycles. The molecule has 4 nitrogen and oxygen atoms in total. The number of benzene rings is 3. The first-order chi connectivity index (χ1) is 15.2. The maximum atomic E-state index is 6.05. The fraction of sp³-hybridized carbons (Fsp3) is 0.222. The second kappa shape index (κ2) is 9.52. The zero-order valence-electron chi connectivity index (χ0n) is 18.3. The Labute approximate surface area is 183 Å². The van der Waals surface area contributed by atoms with Crippen LogP contribution in [0.15, 0.2) is 72.8 Å². The van der Waals surface area contributed by atoms with Crippen LogP contribution in [0.5, 0.6) is 11.5 Å². The van der Waals surface area contributed by atoms with Crippen molar-refractivity contribution < 1.29 is 9.47 Å². The Morgan fingerprint density at radius 3 is 2.65 bits per heavy atom. The Morgan fingerprint density at radius 1 is 0.968 bits per heavy atom. The zero-order chi connectivity index (χ0) is 21.6. The minimum atomic E-state index is 0.596. The van der Waals surface area contributed by atoms with E-state index in [1.54, 1.807) is 7.11 Å². The highest BCUT2D eigenvalue weighted by atomic mass is 16.5. The maximum Gasteiger partial charge on any atom is 0.161 e. The van der Waals surface area contributed by atoms with Gasteiger partial charge >= 0.3 is 0 Å². The van der Waals surface area contributed by atoms with Crippen molar-refractivity contribution in [3.63, 3.8) is 0 Å². The fourth-order valence-electron chi connectivity index (χ4n) is 3.81. The Morgan fingerprint density at radius 2 is 1.84 bits per heavy atom. The molecule has 0 unspecified atom stereocenters. The average molecular weight is 413 g/mol. The molecule has 4 aromatic rings. The number of methoxy groups -OCH3 is 1. The minimum Gasteiger partial charge on any atom is -0.493 e. The van der Waals surface area contributed by atoms with Gasteiger partial charge in [0.1, 0.15) is 5.82 Å². The van der Waals surface area contributed by atoms with Gasteiger partial charge in [-0.25, -0.2) is 4.98 Å². The Kier molecular flexibility index (Phi) is 6.37. The number of aromatic nitrogens is 2. The van der Waals surface area contributed by atoms with Gasteiger partial charge in [0, 0.05) is 12.1 Å². The first kappa shape index (κ1) is 20.7. The number of hydrogen-bond acceptors (Lipinski definition) is 3. The van der Waals surface area contributed by atoms with Gasteiger partial charge in [0.25, 0.3) is 0 Å². The summed E-state index contributed by atoms with van der Waals surface area (Å²) in [6.07, 6.45) is 4.92. The summed E-state index contributed by atoms with van der Waals surface area (Å²) in [5.74, 6) is 2.52. The van der Waals surface area contributed by atoms with E-state index in [2.05, 4.69) is 54.0 Å². The molecular formula is C27H28N2O2.